The molecule has 6 nitrogen and oxygen atoms in total. The van der Waals surface area contributed by atoms with Gasteiger partial charge in [-0.05, 0) is 43.3 Å². The summed E-state index contributed by atoms with van der Waals surface area (Å²) >= 11 is 5.76. The monoisotopic (exact) mass is 390 g/mol. The quantitative estimate of drug-likeness (QED) is 0.595. The molecule has 2 aromatic carbocycles. The van der Waals surface area contributed by atoms with Crippen molar-refractivity contribution >= 4 is 33.1 Å². The first kappa shape index (κ1) is 19.5. The third-order valence-corrected chi connectivity index (χ3v) is 5.24. The van der Waals surface area contributed by atoms with Crippen molar-refractivity contribution in [2.24, 2.45) is 0 Å². The van der Waals surface area contributed by atoms with Gasteiger partial charge in [-0.3, -0.25) is 0 Å². The van der Waals surface area contributed by atoms with Gasteiger partial charge >= 0.3 is 5.97 Å². The minimum atomic E-state index is -4.02. The van der Waals surface area contributed by atoms with Crippen molar-refractivity contribution in [2.75, 3.05) is 11.9 Å². The molecule has 0 atom stereocenters. The van der Waals surface area contributed by atoms with Gasteiger partial charge in [-0.1, -0.05) is 23.7 Å². The Morgan fingerprint density at radius 2 is 1.88 bits per heavy atom. The predicted octanol–water partition coefficient (Wildman–Crippen LogP) is 3.77. The topological polar surface area (TPSA) is 96.3 Å². The number of hydrogen-bond acceptors (Lipinski definition) is 6. The number of sulfone groups is 1. The fourth-order valence-electron chi connectivity index (χ4n) is 2.05. The first-order valence-corrected chi connectivity index (χ1v) is 9.40. The van der Waals surface area contributed by atoms with E-state index in [-0.39, 0.29) is 17.1 Å². The molecule has 0 bridgehead atoms. The Kier molecular flexibility index (Phi) is 6.39. The SMILES string of the molecule is CCOC(=O)c1ccccc1N/C=C(/C#N)S(=O)(=O)c1ccc(Cl)cc1. The third kappa shape index (κ3) is 4.42. The second-order valence-corrected chi connectivity index (χ2v) is 7.34. The second-order valence-electron chi connectivity index (χ2n) is 4.99. The van der Waals surface area contributed by atoms with E-state index in [1.54, 1.807) is 31.2 Å². The molecule has 0 aliphatic carbocycles. The Balaban J connectivity index is 2.35. The fraction of sp³-hybridized carbons (Fsp3) is 0.111. The summed E-state index contributed by atoms with van der Waals surface area (Å²) in [5.41, 5.74) is 0.553. The number of nitriles is 1. The standard InChI is InChI=1S/C18H15ClN2O4S/c1-2-25-18(22)16-5-3-4-6-17(16)21-12-15(11-20)26(23,24)14-9-7-13(19)8-10-14/h3-10,12,21H,2H2,1H3/b15-12-. The summed E-state index contributed by atoms with van der Waals surface area (Å²) in [6.07, 6.45) is 1.04. The zero-order chi connectivity index (χ0) is 19.2. The van der Waals surface area contributed by atoms with E-state index >= 15 is 0 Å². The number of carbonyl (C=O) groups is 1. The summed E-state index contributed by atoms with van der Waals surface area (Å²) in [6, 6.07) is 13.6. The van der Waals surface area contributed by atoms with Crippen LogP contribution in [0.3, 0.4) is 0 Å². The largest absolute Gasteiger partial charge is 0.462 e. The van der Waals surface area contributed by atoms with E-state index in [2.05, 4.69) is 5.32 Å². The molecule has 0 aliphatic rings. The fourth-order valence-corrected chi connectivity index (χ4v) is 3.26. The molecule has 0 saturated carbocycles. The average Bonchev–Trinajstić information content (AvgIpc) is 2.63. The zero-order valence-corrected chi connectivity index (χ0v) is 15.3. The highest BCUT2D eigenvalue weighted by molar-refractivity contribution is 7.95. The molecule has 0 saturated heterocycles. The Morgan fingerprint density at radius 1 is 1.23 bits per heavy atom. The Bertz CT molecular complexity index is 977. The number of allylic oxidation sites excluding steroid dienone is 1. The van der Waals surface area contributed by atoms with Gasteiger partial charge in [-0.2, -0.15) is 5.26 Å². The number of halogens is 1. The van der Waals surface area contributed by atoms with E-state index in [0.717, 1.165) is 6.20 Å². The van der Waals surface area contributed by atoms with Gasteiger partial charge in [0.05, 0.1) is 22.8 Å². The molecule has 0 aliphatic heterocycles. The number of esters is 1. The Hall–Kier alpha value is -2.82. The van der Waals surface area contributed by atoms with Crippen LogP contribution in [0.25, 0.3) is 0 Å². The lowest BCUT2D eigenvalue weighted by molar-refractivity contribution is 0.0527. The van der Waals surface area contributed by atoms with Gasteiger partial charge in [0.25, 0.3) is 0 Å². The number of ether oxygens (including phenoxy) is 1. The van der Waals surface area contributed by atoms with Crippen molar-refractivity contribution in [3.05, 3.63) is 70.2 Å². The third-order valence-electron chi connectivity index (χ3n) is 3.30. The first-order chi connectivity index (χ1) is 12.4. The number of para-hydroxylation sites is 1. The van der Waals surface area contributed by atoms with Gasteiger partial charge in [0.15, 0.2) is 4.91 Å². The molecule has 8 heteroatoms. The van der Waals surface area contributed by atoms with Crippen LogP contribution in [0.4, 0.5) is 5.69 Å². The van der Waals surface area contributed by atoms with E-state index in [9.17, 15) is 18.5 Å². The van der Waals surface area contributed by atoms with Gasteiger partial charge in [0, 0.05) is 11.2 Å². The summed E-state index contributed by atoms with van der Waals surface area (Å²) in [5, 5.41) is 12.3. The van der Waals surface area contributed by atoms with Crippen LogP contribution < -0.4 is 5.32 Å². The lowest BCUT2D eigenvalue weighted by atomic mass is 10.2. The number of hydrogen-bond donors (Lipinski definition) is 1. The zero-order valence-electron chi connectivity index (χ0n) is 13.8. The van der Waals surface area contributed by atoms with Gasteiger partial charge in [-0.15, -0.1) is 0 Å². The van der Waals surface area contributed by atoms with Crippen LogP contribution in [0, 0.1) is 11.3 Å². The summed E-state index contributed by atoms with van der Waals surface area (Å²) in [7, 11) is -4.02. The van der Waals surface area contributed by atoms with Crippen molar-refractivity contribution in [1.29, 1.82) is 5.26 Å². The van der Waals surface area contributed by atoms with E-state index < -0.39 is 20.7 Å². The van der Waals surface area contributed by atoms with Crippen molar-refractivity contribution in [3.63, 3.8) is 0 Å². The molecule has 0 spiro atoms. The molecule has 134 valence electrons. The first-order valence-electron chi connectivity index (χ1n) is 7.53. The van der Waals surface area contributed by atoms with E-state index in [1.807, 2.05) is 0 Å². The van der Waals surface area contributed by atoms with Crippen molar-refractivity contribution < 1.29 is 17.9 Å². The van der Waals surface area contributed by atoms with Gasteiger partial charge in [0.1, 0.15) is 6.07 Å². The van der Waals surface area contributed by atoms with Crippen molar-refractivity contribution in [1.82, 2.24) is 0 Å². The molecule has 0 amide bonds. The summed E-state index contributed by atoms with van der Waals surface area (Å²) < 4.78 is 30.1. The molecule has 1 N–H and O–H groups in total. The predicted molar refractivity (Wildman–Crippen MR) is 98.4 cm³/mol. The van der Waals surface area contributed by atoms with Gasteiger partial charge in [-0.25, -0.2) is 13.2 Å². The van der Waals surface area contributed by atoms with Crippen LogP contribution in [-0.2, 0) is 14.6 Å². The highest BCUT2D eigenvalue weighted by Gasteiger charge is 2.21. The van der Waals surface area contributed by atoms with Crippen LogP contribution in [0.2, 0.25) is 5.02 Å². The number of nitrogens with one attached hydrogen (secondary N) is 1. The normalized spacial score (nSPS) is 11.5. The molecule has 2 aromatic rings. The van der Waals surface area contributed by atoms with Crippen LogP contribution in [0.1, 0.15) is 17.3 Å². The molecule has 0 radical (unpaired) electrons. The Labute approximate surface area is 156 Å². The van der Waals surface area contributed by atoms with Crippen LogP contribution in [0.5, 0.6) is 0 Å². The lowest BCUT2D eigenvalue weighted by Crippen LogP contribution is -2.09. The summed E-state index contributed by atoms with van der Waals surface area (Å²) in [4.78, 5) is 11.4. The molecule has 26 heavy (non-hydrogen) atoms. The maximum Gasteiger partial charge on any atom is 0.340 e. The number of carbonyl (C=O) groups excluding carboxylic acids is 1. The van der Waals surface area contributed by atoms with Crippen molar-refractivity contribution in [2.45, 2.75) is 11.8 Å². The average molecular weight is 391 g/mol. The van der Waals surface area contributed by atoms with E-state index in [1.165, 1.54) is 30.3 Å². The van der Waals surface area contributed by atoms with E-state index in [4.69, 9.17) is 16.3 Å². The molecule has 0 heterocycles. The molecule has 0 unspecified atom stereocenters. The molecular weight excluding hydrogens is 376 g/mol. The lowest BCUT2D eigenvalue weighted by Gasteiger charge is -2.09. The van der Waals surface area contributed by atoms with Gasteiger partial charge < -0.3 is 10.1 Å². The summed E-state index contributed by atoms with van der Waals surface area (Å²) in [6.45, 7) is 1.89. The van der Waals surface area contributed by atoms with Crippen LogP contribution in [-0.4, -0.2) is 21.0 Å². The van der Waals surface area contributed by atoms with Crippen molar-refractivity contribution in [3.8, 4) is 6.07 Å². The minimum absolute atomic E-state index is 0.0600. The maximum absolute atomic E-state index is 12.6. The Morgan fingerprint density at radius 3 is 2.50 bits per heavy atom. The minimum Gasteiger partial charge on any atom is -0.462 e. The van der Waals surface area contributed by atoms with E-state index in [0.29, 0.717) is 10.7 Å². The smallest absolute Gasteiger partial charge is 0.340 e. The number of nitrogens with zero attached hydrogens (tertiary/aromatic N) is 1. The molecule has 0 aromatic heterocycles. The summed E-state index contributed by atoms with van der Waals surface area (Å²) in [5.74, 6) is -0.553. The second kappa shape index (κ2) is 8.52. The van der Waals surface area contributed by atoms with Crippen LogP contribution in [0.15, 0.2) is 64.5 Å². The highest BCUT2D eigenvalue weighted by Crippen LogP contribution is 2.22. The number of benzene rings is 2. The van der Waals surface area contributed by atoms with Gasteiger partial charge in [0.2, 0.25) is 9.84 Å². The highest BCUT2D eigenvalue weighted by atomic mass is 35.5. The molecule has 0 fully saturated rings. The molecular formula is C18H15ClN2O4S. The van der Waals surface area contributed by atoms with Crippen LogP contribution >= 0.6 is 11.6 Å². The number of rotatable bonds is 6. The number of anilines is 1. The maximum atomic E-state index is 12.6. The molecule has 2 rings (SSSR count).